The molecule has 1 atom stereocenters. The van der Waals surface area contributed by atoms with Crippen molar-refractivity contribution >= 4 is 17.3 Å². The SMILES string of the molecule is CC(C)(O)C1CCCN1C(=O)CCNc1ccccc1[N+](=O)[O-]. The lowest BCUT2D eigenvalue weighted by Crippen LogP contribution is -2.48. The van der Waals surface area contributed by atoms with Crippen LogP contribution in [0.1, 0.15) is 33.1 Å². The molecule has 0 spiro atoms. The summed E-state index contributed by atoms with van der Waals surface area (Å²) in [5, 5.41) is 24.0. The van der Waals surface area contributed by atoms with E-state index in [1.165, 1.54) is 6.07 Å². The summed E-state index contributed by atoms with van der Waals surface area (Å²) in [4.78, 5) is 24.6. The van der Waals surface area contributed by atoms with Crippen molar-refractivity contribution in [2.24, 2.45) is 0 Å². The number of nitro groups is 1. The van der Waals surface area contributed by atoms with E-state index in [-0.39, 0.29) is 24.1 Å². The first-order valence-electron chi connectivity index (χ1n) is 7.80. The Balaban J connectivity index is 1.92. The average Bonchev–Trinajstić information content (AvgIpc) is 2.97. The van der Waals surface area contributed by atoms with E-state index < -0.39 is 10.5 Å². The summed E-state index contributed by atoms with van der Waals surface area (Å²) >= 11 is 0. The molecule has 0 radical (unpaired) electrons. The number of aliphatic hydroxyl groups is 1. The van der Waals surface area contributed by atoms with Crippen LogP contribution in [0.5, 0.6) is 0 Å². The van der Waals surface area contributed by atoms with E-state index in [4.69, 9.17) is 0 Å². The van der Waals surface area contributed by atoms with Crippen LogP contribution < -0.4 is 5.32 Å². The largest absolute Gasteiger partial charge is 0.388 e. The molecule has 2 rings (SSSR count). The highest BCUT2D eigenvalue weighted by atomic mass is 16.6. The number of nitrogens with one attached hydrogen (secondary N) is 1. The number of hydrogen-bond donors (Lipinski definition) is 2. The van der Waals surface area contributed by atoms with E-state index in [1.54, 1.807) is 36.9 Å². The first-order valence-corrected chi connectivity index (χ1v) is 7.80. The predicted octanol–water partition coefficient (Wildman–Crippen LogP) is 2.16. The van der Waals surface area contributed by atoms with Gasteiger partial charge in [0.05, 0.1) is 16.6 Å². The molecule has 23 heavy (non-hydrogen) atoms. The zero-order valence-corrected chi connectivity index (χ0v) is 13.5. The highest BCUT2D eigenvalue weighted by Gasteiger charge is 2.38. The van der Waals surface area contributed by atoms with E-state index in [9.17, 15) is 20.0 Å². The number of likely N-dealkylation sites (tertiary alicyclic amines) is 1. The highest BCUT2D eigenvalue weighted by molar-refractivity contribution is 5.77. The van der Waals surface area contributed by atoms with Gasteiger partial charge in [0.15, 0.2) is 0 Å². The van der Waals surface area contributed by atoms with Gasteiger partial charge in [0.1, 0.15) is 5.69 Å². The Labute approximate surface area is 135 Å². The summed E-state index contributed by atoms with van der Waals surface area (Å²) < 4.78 is 0. The van der Waals surface area contributed by atoms with Gasteiger partial charge in [-0.25, -0.2) is 0 Å². The van der Waals surface area contributed by atoms with E-state index >= 15 is 0 Å². The monoisotopic (exact) mass is 321 g/mol. The molecule has 1 fully saturated rings. The van der Waals surface area contributed by atoms with E-state index in [2.05, 4.69) is 5.32 Å². The normalized spacial score (nSPS) is 18.0. The fraction of sp³-hybridized carbons (Fsp3) is 0.562. The molecule has 7 heteroatoms. The van der Waals surface area contributed by atoms with Gasteiger partial charge in [-0.3, -0.25) is 14.9 Å². The first kappa shape index (κ1) is 17.2. The molecular weight excluding hydrogens is 298 g/mol. The molecule has 7 nitrogen and oxygen atoms in total. The van der Waals surface area contributed by atoms with E-state index in [0.717, 1.165) is 12.8 Å². The van der Waals surface area contributed by atoms with Crippen LogP contribution in [0, 0.1) is 10.1 Å². The minimum atomic E-state index is -0.919. The minimum absolute atomic E-state index is 0.00418. The van der Waals surface area contributed by atoms with Gasteiger partial charge in [-0.15, -0.1) is 0 Å². The Morgan fingerprint density at radius 2 is 2.17 bits per heavy atom. The number of carbonyl (C=O) groups is 1. The summed E-state index contributed by atoms with van der Waals surface area (Å²) in [5.41, 5.74) is -0.515. The average molecular weight is 321 g/mol. The highest BCUT2D eigenvalue weighted by Crippen LogP contribution is 2.27. The summed E-state index contributed by atoms with van der Waals surface area (Å²) in [7, 11) is 0. The van der Waals surface area contributed by atoms with Gasteiger partial charge in [0, 0.05) is 25.6 Å². The quantitative estimate of drug-likeness (QED) is 0.618. The second-order valence-corrected chi connectivity index (χ2v) is 6.35. The number of para-hydroxylation sites is 2. The fourth-order valence-electron chi connectivity index (χ4n) is 3.03. The Morgan fingerprint density at radius 3 is 2.83 bits per heavy atom. The van der Waals surface area contributed by atoms with Crippen molar-refractivity contribution in [3.63, 3.8) is 0 Å². The van der Waals surface area contributed by atoms with Crippen molar-refractivity contribution in [3.05, 3.63) is 34.4 Å². The molecule has 1 unspecified atom stereocenters. The van der Waals surface area contributed by atoms with Gasteiger partial charge in [-0.1, -0.05) is 12.1 Å². The third-order valence-electron chi connectivity index (χ3n) is 4.14. The standard InChI is InChI=1S/C16H23N3O4/c1-16(2,21)14-8-5-11-18(14)15(20)9-10-17-12-6-3-4-7-13(12)19(22)23/h3-4,6-7,14,17,21H,5,8-11H2,1-2H3. The van der Waals surface area contributed by atoms with Gasteiger partial charge < -0.3 is 15.3 Å². The van der Waals surface area contributed by atoms with Crippen molar-refractivity contribution in [1.82, 2.24) is 4.90 Å². The lowest BCUT2D eigenvalue weighted by molar-refractivity contribution is -0.384. The van der Waals surface area contributed by atoms with Gasteiger partial charge in [-0.2, -0.15) is 0 Å². The molecule has 1 saturated heterocycles. The third-order valence-corrected chi connectivity index (χ3v) is 4.14. The number of anilines is 1. The van der Waals surface area contributed by atoms with Crippen molar-refractivity contribution in [2.45, 2.75) is 44.8 Å². The van der Waals surface area contributed by atoms with Crippen LogP contribution in [0.25, 0.3) is 0 Å². The molecule has 126 valence electrons. The maximum absolute atomic E-state index is 12.4. The molecular formula is C16H23N3O4. The number of benzene rings is 1. The zero-order valence-electron chi connectivity index (χ0n) is 13.5. The molecule has 1 aromatic carbocycles. The number of hydrogen-bond acceptors (Lipinski definition) is 5. The zero-order chi connectivity index (χ0) is 17.0. The van der Waals surface area contributed by atoms with Crippen LogP contribution in [0.15, 0.2) is 24.3 Å². The number of nitro benzene ring substituents is 1. The Bertz CT molecular complexity index is 583. The van der Waals surface area contributed by atoms with Gasteiger partial charge in [0.2, 0.25) is 5.91 Å². The van der Waals surface area contributed by atoms with Crippen LogP contribution in [0.2, 0.25) is 0 Å². The fourth-order valence-corrected chi connectivity index (χ4v) is 3.03. The van der Waals surface area contributed by atoms with Crippen LogP contribution in [-0.2, 0) is 4.79 Å². The van der Waals surface area contributed by atoms with Crippen LogP contribution >= 0.6 is 0 Å². The van der Waals surface area contributed by atoms with Crippen molar-refractivity contribution in [2.75, 3.05) is 18.4 Å². The van der Waals surface area contributed by atoms with Crippen molar-refractivity contribution in [3.8, 4) is 0 Å². The van der Waals surface area contributed by atoms with Crippen LogP contribution in [0.3, 0.4) is 0 Å². The van der Waals surface area contributed by atoms with Gasteiger partial charge in [-0.05, 0) is 32.8 Å². The topological polar surface area (TPSA) is 95.7 Å². The van der Waals surface area contributed by atoms with Gasteiger partial charge in [0.25, 0.3) is 5.69 Å². The van der Waals surface area contributed by atoms with Crippen LogP contribution in [-0.4, -0.2) is 45.6 Å². The smallest absolute Gasteiger partial charge is 0.292 e. The maximum atomic E-state index is 12.4. The third kappa shape index (κ3) is 4.19. The van der Waals surface area contributed by atoms with E-state index in [0.29, 0.717) is 18.8 Å². The second-order valence-electron chi connectivity index (χ2n) is 6.35. The molecule has 0 saturated carbocycles. The first-order chi connectivity index (χ1) is 10.8. The molecule has 0 bridgehead atoms. The number of rotatable bonds is 6. The summed E-state index contributed by atoms with van der Waals surface area (Å²) in [6.45, 7) is 4.40. The molecule has 1 amide bonds. The molecule has 0 aliphatic carbocycles. The Hall–Kier alpha value is -2.15. The van der Waals surface area contributed by atoms with E-state index in [1.807, 2.05) is 0 Å². The summed E-state index contributed by atoms with van der Waals surface area (Å²) in [6, 6.07) is 6.20. The molecule has 0 aromatic heterocycles. The summed E-state index contributed by atoms with van der Waals surface area (Å²) in [5.74, 6) is -0.0410. The van der Waals surface area contributed by atoms with Crippen LogP contribution in [0.4, 0.5) is 11.4 Å². The minimum Gasteiger partial charge on any atom is -0.388 e. The maximum Gasteiger partial charge on any atom is 0.292 e. The lowest BCUT2D eigenvalue weighted by atomic mass is 9.96. The molecule has 1 aliphatic heterocycles. The molecule has 1 aromatic rings. The van der Waals surface area contributed by atoms with Gasteiger partial charge >= 0.3 is 0 Å². The molecule has 2 N–H and O–H groups in total. The summed E-state index contributed by atoms with van der Waals surface area (Å²) in [6.07, 6.45) is 1.92. The van der Waals surface area contributed by atoms with Crippen molar-refractivity contribution < 1.29 is 14.8 Å². The predicted molar refractivity (Wildman–Crippen MR) is 87.2 cm³/mol. The second kappa shape index (κ2) is 6.95. The lowest BCUT2D eigenvalue weighted by Gasteiger charge is -2.33. The number of amides is 1. The molecule has 1 aliphatic rings. The number of nitrogens with zero attached hydrogens (tertiary/aromatic N) is 2. The number of carbonyl (C=O) groups excluding carboxylic acids is 1. The Kier molecular flexibility index (Phi) is 5.20. The Morgan fingerprint density at radius 1 is 1.48 bits per heavy atom. The molecule has 1 heterocycles. The van der Waals surface area contributed by atoms with Crippen molar-refractivity contribution in [1.29, 1.82) is 0 Å².